The average Bonchev–Trinajstić information content (AvgIpc) is 2.38. The molecule has 3 rings (SSSR count). The van der Waals surface area contributed by atoms with Crippen LogP contribution in [0.2, 0.25) is 0 Å². The fourth-order valence-electron chi connectivity index (χ4n) is 2.23. The van der Waals surface area contributed by atoms with Crippen LogP contribution in [0.4, 0.5) is 5.69 Å². The molecule has 0 saturated heterocycles. The number of halogens is 1. The lowest BCUT2D eigenvalue weighted by atomic mass is 10.1. The summed E-state index contributed by atoms with van der Waals surface area (Å²) in [4.78, 5) is 0. The highest BCUT2D eigenvalue weighted by Gasteiger charge is 2.02. The third-order valence-corrected chi connectivity index (χ3v) is 3.58. The summed E-state index contributed by atoms with van der Waals surface area (Å²) in [5, 5.41) is 2.32. The highest BCUT2D eigenvalue weighted by Crippen LogP contribution is 2.28. The Kier molecular flexibility index (Phi) is 3.36. The van der Waals surface area contributed by atoms with Gasteiger partial charge in [-0.25, -0.2) is 0 Å². The highest BCUT2D eigenvalue weighted by atomic mass is 79.9. The molecule has 0 radical (unpaired) electrons. The van der Waals surface area contributed by atoms with Crippen LogP contribution in [0.1, 0.15) is 5.56 Å². The van der Waals surface area contributed by atoms with E-state index in [0.717, 1.165) is 26.9 Å². The molecule has 0 amide bonds. The van der Waals surface area contributed by atoms with Gasteiger partial charge in [0.05, 0.1) is 0 Å². The van der Waals surface area contributed by atoms with Crippen LogP contribution < -0.4 is 10.5 Å². The molecule has 0 unspecified atom stereocenters. The minimum Gasteiger partial charge on any atom is -0.457 e. The quantitative estimate of drug-likeness (QED) is 0.649. The monoisotopic (exact) mass is 327 g/mol. The van der Waals surface area contributed by atoms with Crippen LogP contribution in [-0.4, -0.2) is 0 Å². The van der Waals surface area contributed by atoms with E-state index >= 15 is 0 Å². The summed E-state index contributed by atoms with van der Waals surface area (Å²) < 4.78 is 6.96. The zero-order valence-corrected chi connectivity index (χ0v) is 12.6. The number of aryl methyl sites for hydroxylation is 1. The zero-order valence-electron chi connectivity index (χ0n) is 11.1. The topological polar surface area (TPSA) is 35.2 Å². The zero-order chi connectivity index (χ0) is 14.1. The van der Waals surface area contributed by atoms with Gasteiger partial charge in [0.25, 0.3) is 0 Å². The van der Waals surface area contributed by atoms with E-state index in [0.29, 0.717) is 5.69 Å². The second-order valence-electron chi connectivity index (χ2n) is 4.83. The molecular weight excluding hydrogens is 314 g/mol. The van der Waals surface area contributed by atoms with E-state index in [1.807, 2.05) is 43.3 Å². The highest BCUT2D eigenvalue weighted by molar-refractivity contribution is 9.10. The molecule has 2 N–H and O–H groups in total. The average molecular weight is 328 g/mol. The van der Waals surface area contributed by atoms with Gasteiger partial charge in [0.2, 0.25) is 0 Å². The van der Waals surface area contributed by atoms with E-state index < -0.39 is 0 Å². The van der Waals surface area contributed by atoms with E-state index in [1.165, 1.54) is 5.39 Å². The van der Waals surface area contributed by atoms with Crippen molar-refractivity contribution in [3.63, 3.8) is 0 Å². The Labute approximate surface area is 126 Å². The summed E-state index contributed by atoms with van der Waals surface area (Å²) in [5.41, 5.74) is 7.64. The molecular formula is C17H14BrNO. The number of benzene rings is 3. The molecule has 2 nitrogen and oxygen atoms in total. The standard InChI is InChI=1S/C17H14BrNO/c1-11-6-15(19)10-17(7-11)20-16-5-3-12-8-14(18)4-2-13(12)9-16/h2-10H,19H2,1H3. The van der Waals surface area contributed by atoms with Crippen molar-refractivity contribution < 1.29 is 4.74 Å². The second-order valence-corrected chi connectivity index (χ2v) is 5.75. The van der Waals surface area contributed by atoms with Crippen LogP contribution >= 0.6 is 15.9 Å². The number of nitrogen functional groups attached to an aromatic ring is 1. The Morgan fingerprint density at radius 2 is 1.60 bits per heavy atom. The molecule has 0 bridgehead atoms. The molecule has 0 fully saturated rings. The predicted molar refractivity (Wildman–Crippen MR) is 87.3 cm³/mol. The molecule has 3 aromatic rings. The van der Waals surface area contributed by atoms with Crippen molar-refractivity contribution in [2.75, 3.05) is 5.73 Å². The third-order valence-electron chi connectivity index (χ3n) is 3.08. The largest absolute Gasteiger partial charge is 0.457 e. The lowest BCUT2D eigenvalue weighted by Crippen LogP contribution is -1.89. The minimum absolute atomic E-state index is 0.713. The molecule has 0 aliphatic carbocycles. The van der Waals surface area contributed by atoms with Crippen molar-refractivity contribution in [3.05, 3.63) is 64.6 Å². The predicted octanol–water partition coefficient (Wildman–Crippen LogP) is 5.29. The summed E-state index contributed by atoms with van der Waals surface area (Å²) in [6.07, 6.45) is 0. The summed E-state index contributed by atoms with van der Waals surface area (Å²) in [5.74, 6) is 1.57. The Hall–Kier alpha value is -2.00. The molecule has 20 heavy (non-hydrogen) atoms. The van der Waals surface area contributed by atoms with Crippen LogP contribution in [0.25, 0.3) is 10.8 Å². The number of hydrogen-bond donors (Lipinski definition) is 1. The third kappa shape index (κ3) is 2.78. The van der Waals surface area contributed by atoms with Gasteiger partial charge in [0, 0.05) is 16.2 Å². The van der Waals surface area contributed by atoms with Crippen LogP contribution in [0.15, 0.2) is 59.1 Å². The maximum atomic E-state index is 5.89. The van der Waals surface area contributed by atoms with Gasteiger partial charge in [-0.2, -0.15) is 0 Å². The first-order valence-corrected chi connectivity index (χ1v) is 7.14. The molecule has 0 spiro atoms. The molecule has 100 valence electrons. The molecule has 0 heterocycles. The smallest absolute Gasteiger partial charge is 0.129 e. The second kappa shape index (κ2) is 5.17. The number of nitrogens with two attached hydrogens (primary N) is 1. The van der Waals surface area contributed by atoms with Gasteiger partial charge in [-0.1, -0.05) is 28.1 Å². The van der Waals surface area contributed by atoms with E-state index in [1.54, 1.807) is 0 Å². The van der Waals surface area contributed by atoms with E-state index in [-0.39, 0.29) is 0 Å². The number of hydrogen-bond acceptors (Lipinski definition) is 2. The van der Waals surface area contributed by atoms with Gasteiger partial charge < -0.3 is 10.5 Å². The molecule has 0 saturated carbocycles. The summed E-state index contributed by atoms with van der Waals surface area (Å²) in [6, 6.07) is 17.9. The van der Waals surface area contributed by atoms with E-state index in [2.05, 4.69) is 34.1 Å². The molecule has 3 aromatic carbocycles. The molecule has 0 aromatic heterocycles. The van der Waals surface area contributed by atoms with Crippen molar-refractivity contribution in [1.29, 1.82) is 0 Å². The molecule has 0 aliphatic heterocycles. The summed E-state index contributed by atoms with van der Waals surface area (Å²) in [7, 11) is 0. The summed E-state index contributed by atoms with van der Waals surface area (Å²) >= 11 is 3.48. The van der Waals surface area contributed by atoms with Crippen molar-refractivity contribution >= 4 is 32.4 Å². The van der Waals surface area contributed by atoms with Gasteiger partial charge in [-0.05, 0) is 59.7 Å². The maximum Gasteiger partial charge on any atom is 0.129 e. The maximum absolute atomic E-state index is 5.89. The Bertz CT molecular complexity index is 763. The van der Waals surface area contributed by atoms with Gasteiger partial charge in [-0.3, -0.25) is 0 Å². The molecule has 0 aliphatic rings. The van der Waals surface area contributed by atoms with Gasteiger partial charge >= 0.3 is 0 Å². The fourth-order valence-corrected chi connectivity index (χ4v) is 2.61. The van der Waals surface area contributed by atoms with Gasteiger partial charge in [0.1, 0.15) is 11.5 Å². The van der Waals surface area contributed by atoms with Gasteiger partial charge in [0.15, 0.2) is 0 Å². The Morgan fingerprint density at radius 3 is 2.40 bits per heavy atom. The van der Waals surface area contributed by atoms with Gasteiger partial charge in [-0.15, -0.1) is 0 Å². The van der Waals surface area contributed by atoms with Crippen molar-refractivity contribution in [2.45, 2.75) is 6.92 Å². The first kappa shape index (κ1) is 13.0. The number of ether oxygens (including phenoxy) is 1. The minimum atomic E-state index is 0.713. The van der Waals surface area contributed by atoms with Crippen LogP contribution in [0, 0.1) is 6.92 Å². The van der Waals surface area contributed by atoms with E-state index in [4.69, 9.17) is 10.5 Å². The molecule has 0 atom stereocenters. The Morgan fingerprint density at radius 1 is 0.850 bits per heavy atom. The first-order chi connectivity index (χ1) is 9.60. The normalized spacial score (nSPS) is 10.7. The SMILES string of the molecule is Cc1cc(N)cc(Oc2ccc3cc(Br)ccc3c2)c1. The van der Waals surface area contributed by atoms with Crippen LogP contribution in [-0.2, 0) is 0 Å². The van der Waals surface area contributed by atoms with Crippen molar-refractivity contribution in [3.8, 4) is 11.5 Å². The van der Waals surface area contributed by atoms with E-state index in [9.17, 15) is 0 Å². The lowest BCUT2D eigenvalue weighted by molar-refractivity contribution is 0.483. The first-order valence-electron chi connectivity index (χ1n) is 6.34. The van der Waals surface area contributed by atoms with Crippen molar-refractivity contribution in [1.82, 2.24) is 0 Å². The van der Waals surface area contributed by atoms with Crippen molar-refractivity contribution in [2.24, 2.45) is 0 Å². The Balaban J connectivity index is 1.96. The summed E-state index contributed by atoms with van der Waals surface area (Å²) in [6.45, 7) is 2.00. The number of anilines is 1. The van der Waals surface area contributed by atoms with Crippen LogP contribution in [0.3, 0.4) is 0 Å². The number of fused-ring (bicyclic) bond motifs is 1. The molecule has 3 heteroatoms. The number of rotatable bonds is 2. The fraction of sp³-hybridized carbons (Fsp3) is 0.0588. The lowest BCUT2D eigenvalue weighted by Gasteiger charge is -2.09. The van der Waals surface area contributed by atoms with Crippen LogP contribution in [0.5, 0.6) is 11.5 Å².